The van der Waals surface area contributed by atoms with Gasteiger partial charge in [0.2, 0.25) is 5.96 Å². The number of carbonyl (C=O) groups excluding carboxylic acids is 1. The molecule has 1 heterocycles. The molecule has 0 unspecified atom stereocenters. The van der Waals surface area contributed by atoms with Crippen molar-refractivity contribution in [1.82, 2.24) is 14.9 Å². The maximum absolute atomic E-state index is 11.2. The van der Waals surface area contributed by atoms with Crippen LogP contribution in [0.1, 0.15) is 23.7 Å². The molecule has 1 aromatic heterocycles. The summed E-state index contributed by atoms with van der Waals surface area (Å²) in [5.74, 6) is 0.397. The van der Waals surface area contributed by atoms with Gasteiger partial charge in [-0.3, -0.25) is 15.1 Å². The quantitative estimate of drug-likeness (QED) is 0.212. The molecule has 0 fully saturated rings. The molecule has 23 heavy (non-hydrogen) atoms. The van der Waals surface area contributed by atoms with Crippen molar-refractivity contribution in [2.75, 3.05) is 11.9 Å². The van der Waals surface area contributed by atoms with E-state index in [9.17, 15) is 4.79 Å². The predicted molar refractivity (Wildman–Crippen MR) is 88.0 cm³/mol. The third-order valence-corrected chi connectivity index (χ3v) is 3.13. The van der Waals surface area contributed by atoms with E-state index in [0.29, 0.717) is 18.1 Å². The maximum Gasteiger partial charge on any atom is 0.209 e. The second kappa shape index (κ2) is 8.34. The summed E-state index contributed by atoms with van der Waals surface area (Å²) in [7, 11) is 0. The number of aromatic nitrogens is 2. The van der Waals surface area contributed by atoms with Crippen LogP contribution in [0.2, 0.25) is 0 Å². The zero-order valence-electron chi connectivity index (χ0n) is 12.9. The summed E-state index contributed by atoms with van der Waals surface area (Å²) in [6.45, 7) is 2.91. The highest BCUT2D eigenvalue weighted by atomic mass is 16.1. The third-order valence-electron chi connectivity index (χ3n) is 3.13. The molecule has 7 nitrogen and oxygen atoms in total. The van der Waals surface area contributed by atoms with Crippen LogP contribution in [0.4, 0.5) is 5.69 Å². The number of nitrogens with zero attached hydrogens (tertiary/aromatic N) is 4. The molecule has 0 aliphatic carbocycles. The number of guanidine groups is 1. The number of hydrogen-bond acceptors (Lipinski definition) is 4. The lowest BCUT2D eigenvalue weighted by Crippen LogP contribution is -2.27. The second-order valence-corrected chi connectivity index (χ2v) is 4.88. The Kier molecular flexibility index (Phi) is 5.89. The Morgan fingerprint density at radius 1 is 1.39 bits per heavy atom. The number of nitrogens with one attached hydrogen (secondary N) is 2. The Morgan fingerprint density at radius 2 is 2.17 bits per heavy atom. The van der Waals surface area contributed by atoms with Crippen LogP contribution in [0.3, 0.4) is 0 Å². The molecule has 0 saturated carbocycles. The molecule has 0 spiro atoms. The van der Waals surface area contributed by atoms with Gasteiger partial charge in [0.1, 0.15) is 0 Å². The smallest absolute Gasteiger partial charge is 0.209 e. The molecule has 0 aliphatic heterocycles. The minimum absolute atomic E-state index is 0.0140. The van der Waals surface area contributed by atoms with Gasteiger partial charge in [0.25, 0.3) is 0 Å². The molecular weight excluding hydrogens is 292 g/mol. The molecule has 0 saturated heterocycles. The van der Waals surface area contributed by atoms with Gasteiger partial charge in [-0.2, -0.15) is 5.26 Å². The molecule has 7 heteroatoms. The molecular formula is C16H18N6O. The van der Waals surface area contributed by atoms with Crippen molar-refractivity contribution >= 4 is 17.4 Å². The van der Waals surface area contributed by atoms with Gasteiger partial charge < -0.3 is 9.88 Å². The van der Waals surface area contributed by atoms with Crippen molar-refractivity contribution in [3.8, 4) is 6.19 Å². The highest BCUT2D eigenvalue weighted by Crippen LogP contribution is 2.09. The number of nitriles is 1. The molecule has 118 valence electrons. The average molecular weight is 310 g/mol. The number of hydrogen-bond donors (Lipinski definition) is 2. The van der Waals surface area contributed by atoms with Crippen LogP contribution in [0.15, 0.2) is 48.0 Å². The number of rotatable bonds is 6. The van der Waals surface area contributed by atoms with Crippen LogP contribution in [0, 0.1) is 11.5 Å². The van der Waals surface area contributed by atoms with Gasteiger partial charge in [0, 0.05) is 36.7 Å². The van der Waals surface area contributed by atoms with Crippen molar-refractivity contribution in [3.05, 3.63) is 48.5 Å². The van der Waals surface area contributed by atoms with E-state index in [1.807, 2.05) is 17.0 Å². The Hall–Kier alpha value is -3.14. The minimum Gasteiger partial charge on any atom is -0.337 e. The summed E-state index contributed by atoms with van der Waals surface area (Å²) in [5.41, 5.74) is 1.40. The van der Waals surface area contributed by atoms with E-state index in [1.54, 1.807) is 36.8 Å². The first kappa shape index (κ1) is 16.2. The van der Waals surface area contributed by atoms with Crippen LogP contribution in [0.5, 0.6) is 0 Å². The summed E-state index contributed by atoms with van der Waals surface area (Å²) in [6.07, 6.45) is 8.08. The second-order valence-electron chi connectivity index (χ2n) is 4.88. The van der Waals surface area contributed by atoms with Crippen LogP contribution < -0.4 is 10.6 Å². The van der Waals surface area contributed by atoms with Gasteiger partial charge in [-0.1, -0.05) is 0 Å². The fraction of sp³-hybridized carbons (Fsp3) is 0.250. The minimum atomic E-state index is 0.0140. The van der Waals surface area contributed by atoms with Crippen molar-refractivity contribution in [3.63, 3.8) is 0 Å². The zero-order valence-corrected chi connectivity index (χ0v) is 12.9. The summed E-state index contributed by atoms with van der Waals surface area (Å²) in [4.78, 5) is 19.6. The standard InChI is InChI=1S/C16H18N6O/c1-13(23)14-3-5-15(6-4-14)21-16(20-11-17)19-7-2-9-22-10-8-18-12-22/h3-6,8,10,12H,2,7,9H2,1H3,(H2,19,20,21). The molecule has 0 radical (unpaired) electrons. The largest absolute Gasteiger partial charge is 0.337 e. The first-order chi connectivity index (χ1) is 11.2. The van der Waals surface area contributed by atoms with E-state index >= 15 is 0 Å². The molecule has 0 amide bonds. The number of carbonyl (C=O) groups is 1. The fourth-order valence-electron chi connectivity index (χ4n) is 1.95. The summed E-state index contributed by atoms with van der Waals surface area (Å²) in [5, 5.41) is 14.3. The van der Waals surface area contributed by atoms with Gasteiger partial charge >= 0.3 is 0 Å². The van der Waals surface area contributed by atoms with Crippen molar-refractivity contribution < 1.29 is 4.79 Å². The lowest BCUT2D eigenvalue weighted by Gasteiger charge is -2.08. The summed E-state index contributed by atoms with van der Waals surface area (Å²) in [6, 6.07) is 7.01. The van der Waals surface area contributed by atoms with Gasteiger partial charge in [-0.05, 0) is 37.6 Å². The van der Waals surface area contributed by atoms with E-state index in [4.69, 9.17) is 5.26 Å². The lowest BCUT2D eigenvalue weighted by molar-refractivity contribution is 0.101. The SMILES string of the molecule is CC(=O)c1ccc(NC(=NCCCn2ccnc2)NC#N)cc1. The Balaban J connectivity index is 1.90. The van der Waals surface area contributed by atoms with E-state index in [0.717, 1.165) is 18.7 Å². The zero-order chi connectivity index (χ0) is 16.5. The van der Waals surface area contributed by atoms with Gasteiger partial charge in [0.05, 0.1) is 6.33 Å². The maximum atomic E-state index is 11.2. The van der Waals surface area contributed by atoms with Crippen LogP contribution >= 0.6 is 0 Å². The van der Waals surface area contributed by atoms with E-state index in [1.165, 1.54) is 6.92 Å². The number of Topliss-reactive ketones (excluding diaryl/α,β-unsaturated/α-hetero) is 1. The Morgan fingerprint density at radius 3 is 2.78 bits per heavy atom. The van der Waals surface area contributed by atoms with E-state index in [2.05, 4.69) is 20.6 Å². The van der Waals surface area contributed by atoms with Crippen molar-refractivity contribution in [1.29, 1.82) is 5.26 Å². The average Bonchev–Trinajstić information content (AvgIpc) is 3.05. The number of imidazole rings is 1. The summed E-state index contributed by atoms with van der Waals surface area (Å²) < 4.78 is 1.97. The molecule has 2 aromatic rings. The predicted octanol–water partition coefficient (Wildman–Crippen LogP) is 2.01. The number of benzene rings is 1. The molecule has 2 rings (SSSR count). The number of anilines is 1. The van der Waals surface area contributed by atoms with E-state index < -0.39 is 0 Å². The Bertz CT molecular complexity index is 697. The highest BCUT2D eigenvalue weighted by Gasteiger charge is 2.02. The van der Waals surface area contributed by atoms with Gasteiger partial charge in [0.15, 0.2) is 12.0 Å². The van der Waals surface area contributed by atoms with Gasteiger partial charge in [-0.25, -0.2) is 4.98 Å². The number of aryl methyl sites for hydroxylation is 1. The third kappa shape index (κ3) is 5.28. The highest BCUT2D eigenvalue weighted by molar-refractivity contribution is 5.96. The topological polar surface area (TPSA) is 95.1 Å². The number of aliphatic imine (C=N–C) groups is 1. The molecule has 0 aliphatic rings. The Labute approximate surface area is 134 Å². The molecule has 2 N–H and O–H groups in total. The van der Waals surface area contributed by atoms with Crippen molar-refractivity contribution in [2.24, 2.45) is 4.99 Å². The van der Waals surface area contributed by atoms with Crippen LogP contribution in [0.25, 0.3) is 0 Å². The summed E-state index contributed by atoms with van der Waals surface area (Å²) >= 11 is 0. The number of ketones is 1. The fourth-order valence-corrected chi connectivity index (χ4v) is 1.95. The monoisotopic (exact) mass is 310 g/mol. The van der Waals surface area contributed by atoms with Gasteiger partial charge in [-0.15, -0.1) is 0 Å². The molecule has 0 bridgehead atoms. The lowest BCUT2D eigenvalue weighted by atomic mass is 10.1. The molecule has 1 aromatic carbocycles. The first-order valence-electron chi connectivity index (χ1n) is 7.22. The molecule has 0 atom stereocenters. The van der Waals surface area contributed by atoms with E-state index in [-0.39, 0.29) is 5.78 Å². The van der Waals surface area contributed by atoms with Crippen LogP contribution in [-0.4, -0.2) is 27.8 Å². The van der Waals surface area contributed by atoms with Crippen LogP contribution in [-0.2, 0) is 6.54 Å². The first-order valence-corrected chi connectivity index (χ1v) is 7.22. The normalized spacial score (nSPS) is 10.9. The van der Waals surface area contributed by atoms with Crippen molar-refractivity contribution in [2.45, 2.75) is 19.9 Å².